The van der Waals surface area contributed by atoms with Gasteiger partial charge in [-0.2, -0.15) is 0 Å². The lowest BCUT2D eigenvalue weighted by molar-refractivity contribution is -0.147. The fourth-order valence-corrected chi connectivity index (χ4v) is 7.69. The van der Waals surface area contributed by atoms with E-state index in [9.17, 15) is 31.5 Å². The van der Waals surface area contributed by atoms with Crippen LogP contribution in [-0.2, 0) is 27.8 Å². The van der Waals surface area contributed by atoms with Crippen molar-refractivity contribution < 1.29 is 35.9 Å². The van der Waals surface area contributed by atoms with Gasteiger partial charge in [0.2, 0.25) is 15.9 Å². The summed E-state index contributed by atoms with van der Waals surface area (Å²) in [5, 5.41) is 17.2. The largest absolute Gasteiger partial charge is 0.481 e. The zero-order valence-electron chi connectivity index (χ0n) is 23.5. The molecule has 10 nitrogen and oxygen atoms in total. The molecule has 236 valence electrons. The number of carboxylic acids is 1. The summed E-state index contributed by atoms with van der Waals surface area (Å²) in [6.45, 7) is 3.69. The van der Waals surface area contributed by atoms with E-state index in [0.29, 0.717) is 17.1 Å². The SMILES string of the molecule is CC[C@@H](CF)NS(=O)(=O)c1ccc(-c2sc(-c3nnc(CC(C)(C)C(=O)O)o3)nc2CN2CCCC(F)(F)C2)c(Cl)c1Cl. The van der Waals surface area contributed by atoms with Crippen molar-refractivity contribution in [3.05, 3.63) is 33.8 Å². The van der Waals surface area contributed by atoms with Crippen LogP contribution >= 0.6 is 34.5 Å². The van der Waals surface area contributed by atoms with E-state index in [-0.39, 0.29) is 69.5 Å². The van der Waals surface area contributed by atoms with Crippen molar-refractivity contribution in [2.24, 2.45) is 5.41 Å². The maximum Gasteiger partial charge on any atom is 0.309 e. The number of benzene rings is 1. The van der Waals surface area contributed by atoms with Gasteiger partial charge >= 0.3 is 5.97 Å². The Morgan fingerprint density at radius 1 is 1.28 bits per heavy atom. The molecule has 1 atom stereocenters. The summed E-state index contributed by atoms with van der Waals surface area (Å²) >= 11 is 14.1. The van der Waals surface area contributed by atoms with Gasteiger partial charge in [0.15, 0.2) is 5.01 Å². The normalized spacial score (nSPS) is 16.8. The van der Waals surface area contributed by atoms with Crippen LogP contribution in [0.3, 0.4) is 0 Å². The highest BCUT2D eigenvalue weighted by molar-refractivity contribution is 7.89. The van der Waals surface area contributed by atoms with Gasteiger partial charge in [-0.25, -0.2) is 31.3 Å². The van der Waals surface area contributed by atoms with Crippen LogP contribution in [0.15, 0.2) is 21.4 Å². The lowest BCUT2D eigenvalue weighted by atomic mass is 9.90. The third-order valence-corrected chi connectivity index (χ3v) is 10.6. The molecule has 0 spiro atoms. The van der Waals surface area contributed by atoms with E-state index in [1.165, 1.54) is 26.0 Å². The van der Waals surface area contributed by atoms with Gasteiger partial charge in [-0.15, -0.1) is 21.5 Å². The summed E-state index contributed by atoms with van der Waals surface area (Å²) in [6, 6.07) is 1.70. The molecule has 1 aliphatic heterocycles. The van der Waals surface area contributed by atoms with Crippen molar-refractivity contribution in [2.45, 2.75) is 69.9 Å². The van der Waals surface area contributed by atoms with Gasteiger partial charge in [-0.05, 0) is 39.3 Å². The second-order valence-electron chi connectivity index (χ2n) is 11.0. The maximum atomic E-state index is 14.2. The molecule has 3 aromatic rings. The average molecular weight is 685 g/mol. The van der Waals surface area contributed by atoms with E-state index in [2.05, 4.69) is 19.9 Å². The molecular weight excluding hydrogens is 654 g/mol. The Hall–Kier alpha value is -2.30. The highest BCUT2D eigenvalue weighted by atomic mass is 35.5. The van der Waals surface area contributed by atoms with Crippen molar-refractivity contribution >= 4 is 50.5 Å². The van der Waals surface area contributed by atoms with Crippen LogP contribution in [0.1, 0.15) is 51.6 Å². The maximum absolute atomic E-state index is 14.2. The number of rotatable bonds is 12. The van der Waals surface area contributed by atoms with Crippen molar-refractivity contribution in [1.82, 2.24) is 24.8 Å². The smallest absolute Gasteiger partial charge is 0.309 e. The standard InChI is InChI=1S/C26H30Cl2F3N5O5S2/c1-4-14(11-29)35-43(39,40)17-7-6-15(19(27)20(17)28)21-16(12-36-9-5-8-26(30,31)13-36)32-23(42-21)22-34-33-18(41-22)10-25(2,3)24(37)38/h6-7,14,35H,4-5,8-13H2,1-3H3,(H,37,38)/t14-/m0/s1. The van der Waals surface area contributed by atoms with E-state index in [1.54, 1.807) is 11.8 Å². The predicted molar refractivity (Wildman–Crippen MR) is 156 cm³/mol. The minimum Gasteiger partial charge on any atom is -0.481 e. The first kappa shape index (κ1) is 33.6. The Labute approximate surface area is 260 Å². The number of alkyl halides is 3. The number of aromatic nitrogens is 3. The van der Waals surface area contributed by atoms with E-state index in [0.717, 1.165) is 11.3 Å². The number of nitrogens with one attached hydrogen (secondary N) is 1. The third kappa shape index (κ3) is 7.68. The number of sulfonamides is 1. The molecule has 4 rings (SSSR count). The second kappa shape index (κ2) is 13.0. The number of thiazole rings is 1. The Morgan fingerprint density at radius 3 is 2.63 bits per heavy atom. The highest BCUT2D eigenvalue weighted by Crippen LogP contribution is 2.44. The molecule has 1 saturated heterocycles. The molecule has 2 N–H and O–H groups in total. The third-order valence-electron chi connectivity index (χ3n) is 6.95. The summed E-state index contributed by atoms with van der Waals surface area (Å²) < 4.78 is 75.5. The lowest BCUT2D eigenvalue weighted by Crippen LogP contribution is -2.42. The second-order valence-corrected chi connectivity index (χ2v) is 14.4. The quantitative estimate of drug-likeness (QED) is 0.233. The van der Waals surface area contributed by atoms with Gasteiger partial charge in [-0.1, -0.05) is 36.2 Å². The van der Waals surface area contributed by atoms with E-state index < -0.39 is 46.6 Å². The number of piperidine rings is 1. The van der Waals surface area contributed by atoms with Crippen LogP contribution < -0.4 is 4.72 Å². The molecule has 43 heavy (non-hydrogen) atoms. The Bertz CT molecular complexity index is 1600. The molecule has 0 radical (unpaired) electrons. The number of likely N-dealkylation sites (tertiary alicyclic amines) is 1. The molecule has 0 bridgehead atoms. The topological polar surface area (TPSA) is 139 Å². The zero-order chi connectivity index (χ0) is 31.7. The summed E-state index contributed by atoms with van der Waals surface area (Å²) in [4.78, 5) is 17.7. The van der Waals surface area contributed by atoms with Gasteiger partial charge in [-0.3, -0.25) is 9.69 Å². The first-order valence-corrected chi connectivity index (χ1v) is 16.3. The van der Waals surface area contributed by atoms with Gasteiger partial charge in [0.25, 0.3) is 11.8 Å². The summed E-state index contributed by atoms with van der Waals surface area (Å²) in [5.74, 6) is -3.86. The minimum atomic E-state index is -4.22. The molecule has 2 aromatic heterocycles. The fourth-order valence-electron chi connectivity index (χ4n) is 4.44. The van der Waals surface area contributed by atoms with Crippen LogP contribution in [0, 0.1) is 5.41 Å². The summed E-state index contributed by atoms with van der Waals surface area (Å²) in [7, 11) is -4.22. The lowest BCUT2D eigenvalue weighted by Gasteiger charge is -2.32. The molecule has 3 heterocycles. The van der Waals surface area contributed by atoms with Crippen molar-refractivity contribution in [3.8, 4) is 21.3 Å². The first-order chi connectivity index (χ1) is 20.1. The monoisotopic (exact) mass is 683 g/mol. The molecule has 0 amide bonds. The highest BCUT2D eigenvalue weighted by Gasteiger charge is 2.36. The predicted octanol–water partition coefficient (Wildman–Crippen LogP) is 6.08. The number of nitrogens with zero attached hydrogens (tertiary/aromatic N) is 4. The summed E-state index contributed by atoms with van der Waals surface area (Å²) in [6.07, 6.45) is 0.237. The number of carbonyl (C=O) groups is 1. The van der Waals surface area contributed by atoms with Crippen LogP contribution in [0.2, 0.25) is 10.0 Å². The molecule has 0 unspecified atom stereocenters. The van der Waals surface area contributed by atoms with Crippen molar-refractivity contribution in [1.29, 1.82) is 0 Å². The molecular formula is C26H30Cl2F3N5O5S2. The van der Waals surface area contributed by atoms with Gasteiger partial charge in [0, 0.05) is 24.9 Å². The number of hydrogen-bond acceptors (Lipinski definition) is 9. The molecule has 0 saturated carbocycles. The number of carboxylic acid groups (broad SMARTS) is 1. The van der Waals surface area contributed by atoms with E-state index >= 15 is 0 Å². The molecule has 17 heteroatoms. The van der Waals surface area contributed by atoms with Crippen LogP contribution in [0.5, 0.6) is 0 Å². The van der Waals surface area contributed by atoms with Crippen molar-refractivity contribution in [3.63, 3.8) is 0 Å². The zero-order valence-corrected chi connectivity index (χ0v) is 26.6. The Balaban J connectivity index is 1.75. The summed E-state index contributed by atoms with van der Waals surface area (Å²) in [5.41, 5.74) is -0.540. The van der Waals surface area contributed by atoms with E-state index in [4.69, 9.17) is 27.6 Å². The van der Waals surface area contributed by atoms with Gasteiger partial charge < -0.3 is 9.52 Å². The minimum absolute atomic E-state index is 0.0126. The number of halogens is 5. The molecule has 1 aromatic carbocycles. The molecule has 0 aliphatic carbocycles. The number of aliphatic carboxylic acids is 1. The van der Waals surface area contributed by atoms with Gasteiger partial charge in [0.1, 0.15) is 11.6 Å². The Morgan fingerprint density at radius 2 is 2.00 bits per heavy atom. The average Bonchev–Trinajstić information content (AvgIpc) is 3.54. The number of hydrogen-bond donors (Lipinski definition) is 2. The van der Waals surface area contributed by atoms with Crippen LogP contribution in [0.25, 0.3) is 21.3 Å². The molecule has 1 fully saturated rings. The van der Waals surface area contributed by atoms with Gasteiger partial charge in [0.05, 0.1) is 38.6 Å². The first-order valence-electron chi connectivity index (χ1n) is 13.3. The fraction of sp³-hybridized carbons (Fsp3) is 0.538. The van der Waals surface area contributed by atoms with Crippen molar-refractivity contribution in [2.75, 3.05) is 19.8 Å². The van der Waals surface area contributed by atoms with E-state index in [1.807, 2.05) is 0 Å². The molecule has 1 aliphatic rings. The van der Waals surface area contributed by atoms with Crippen LogP contribution in [-0.4, -0.2) is 71.3 Å². The van der Waals surface area contributed by atoms with Crippen LogP contribution in [0.4, 0.5) is 13.2 Å². The Kier molecular flexibility index (Phi) is 10.1.